The van der Waals surface area contributed by atoms with Crippen LogP contribution in [0, 0.1) is 0 Å². The van der Waals surface area contributed by atoms with Crippen molar-refractivity contribution in [1.82, 2.24) is 0 Å². The molecule has 0 bridgehead atoms. The average molecular weight is 717 g/mol. The molecule has 0 radical (unpaired) electrons. The van der Waals surface area contributed by atoms with Gasteiger partial charge >= 0.3 is 280 Å². The van der Waals surface area contributed by atoms with E-state index in [0.717, 1.165) is 0 Å². The van der Waals surface area contributed by atoms with E-state index in [2.05, 4.69) is 182 Å². The van der Waals surface area contributed by atoms with Gasteiger partial charge in [0, 0.05) is 0 Å². The molecule has 0 aromatic heterocycles. The Morgan fingerprint density at radius 2 is 0.400 bits per heavy atom. The Labute approximate surface area is 278 Å². The fourth-order valence-electron chi connectivity index (χ4n) is 6.59. The Morgan fingerprint density at radius 1 is 0.244 bits per heavy atom. The molecule has 3 heteroatoms. The van der Waals surface area contributed by atoms with Gasteiger partial charge in [-0.2, -0.15) is 0 Å². The van der Waals surface area contributed by atoms with E-state index < -0.39 is 10.9 Å². The van der Waals surface area contributed by atoms with Gasteiger partial charge in [-0.15, -0.1) is 0 Å². The first kappa shape index (κ1) is 31.8. The van der Waals surface area contributed by atoms with Crippen LogP contribution in [-0.2, 0) is 54.0 Å². The summed E-state index contributed by atoms with van der Waals surface area (Å²) in [5.74, 6) is 0. The first-order chi connectivity index (χ1) is 22.2. The fraction of sp³-hybridized carbons (Fsp3) is 0.143. The van der Waals surface area contributed by atoms with Crippen LogP contribution < -0.4 is 0 Å². The molecule has 0 aliphatic carbocycles. The fourth-order valence-corrected chi connectivity index (χ4v) is 46.1. The first-order valence-corrected chi connectivity index (χ1v) is 25.6. The van der Waals surface area contributed by atoms with Crippen LogP contribution in [0.2, 0.25) is 0 Å². The Balaban J connectivity index is 1.53. The van der Waals surface area contributed by atoms with Crippen molar-refractivity contribution in [3.05, 3.63) is 215 Å². The summed E-state index contributed by atoms with van der Waals surface area (Å²) in [6.07, 6.45) is 7.33. The average Bonchev–Trinajstić information content (AvgIpc) is 3.07. The molecule has 0 atom stereocenters. The zero-order chi connectivity index (χ0) is 30.6. The zero-order valence-corrected chi connectivity index (χ0v) is 29.4. The second-order valence-electron chi connectivity index (χ2n) is 12.2. The minimum absolute atomic E-state index is 0.677. The third kappa shape index (κ3) is 9.43. The number of hydrogen-bond acceptors (Lipinski definition) is 0. The Bertz CT molecular complexity index is 1360. The van der Waals surface area contributed by atoms with Gasteiger partial charge in [0.05, 0.1) is 0 Å². The van der Waals surface area contributed by atoms with E-state index in [4.69, 9.17) is 0 Å². The van der Waals surface area contributed by atoms with E-state index in [1.54, 1.807) is 0 Å². The van der Waals surface area contributed by atoms with E-state index in [1.807, 2.05) is 0 Å². The van der Waals surface area contributed by atoms with Gasteiger partial charge < -0.3 is 0 Å². The van der Waals surface area contributed by atoms with Crippen LogP contribution in [0.1, 0.15) is 33.4 Å². The molecule has 6 rings (SSSR count). The van der Waals surface area contributed by atoms with Crippen molar-refractivity contribution in [1.29, 1.82) is 0 Å². The molecule has 0 saturated heterocycles. The normalized spacial score (nSPS) is 12.5. The monoisotopic (exact) mass is 716 g/mol. The van der Waals surface area contributed by atoms with Gasteiger partial charge in [-0.05, 0) is 0 Å². The van der Waals surface area contributed by atoms with Gasteiger partial charge in [0.1, 0.15) is 0 Å². The van der Waals surface area contributed by atoms with Crippen LogP contribution in [0.25, 0.3) is 0 Å². The molecule has 0 saturated carbocycles. The summed E-state index contributed by atoms with van der Waals surface area (Å²) in [5.41, 5.74) is 5.06. The van der Waals surface area contributed by atoms with Crippen molar-refractivity contribution in [3.63, 3.8) is 0 Å². The molecule has 0 amide bonds. The molecule has 45 heavy (non-hydrogen) atoms. The van der Waals surface area contributed by atoms with Crippen molar-refractivity contribution in [2.75, 3.05) is 0 Å². The molecule has 6 aromatic carbocycles. The minimum atomic E-state index is -2.00. The summed E-state index contributed by atoms with van der Waals surface area (Å²) in [6, 6.07) is 68.6. The van der Waals surface area contributed by atoms with Gasteiger partial charge in [0.25, 0.3) is 0 Å². The van der Waals surface area contributed by atoms with Crippen molar-refractivity contribution in [3.8, 4) is 0 Å². The SMILES string of the molecule is c1ccc(C[PH](Cc2ccccc2)(Cc2ccccc2)[Pd][PH](Cc2ccccc2)(Cc2ccccc2)Cc2ccccc2)cc1. The molecule has 0 heterocycles. The summed E-state index contributed by atoms with van der Waals surface area (Å²) < 4.78 is 0. The third-order valence-corrected chi connectivity index (χ3v) is 37.0. The van der Waals surface area contributed by atoms with E-state index >= 15 is 0 Å². The van der Waals surface area contributed by atoms with Gasteiger partial charge in [-0.25, -0.2) is 0 Å². The maximum atomic E-state index is 2.39. The molecule has 0 fully saturated rings. The van der Waals surface area contributed by atoms with Crippen LogP contribution in [0.15, 0.2) is 182 Å². The molecular weight excluding hydrogens is 673 g/mol. The molecule has 232 valence electrons. The van der Waals surface area contributed by atoms with Crippen LogP contribution in [0.5, 0.6) is 0 Å². The van der Waals surface area contributed by atoms with Crippen LogP contribution in [0.4, 0.5) is 0 Å². The molecule has 0 spiro atoms. The van der Waals surface area contributed by atoms with Gasteiger partial charge in [0.2, 0.25) is 0 Å². The Morgan fingerprint density at radius 3 is 0.556 bits per heavy atom. The summed E-state index contributed by atoms with van der Waals surface area (Å²) in [6.45, 7) is 0. The molecule has 0 N–H and O–H groups in total. The van der Waals surface area contributed by atoms with Crippen LogP contribution in [-0.4, -0.2) is 0 Å². The molecular formula is C42H44P2Pd. The summed E-state index contributed by atoms with van der Waals surface area (Å²) in [5, 5.41) is 0. The summed E-state index contributed by atoms with van der Waals surface area (Å²) in [4.78, 5) is 0. The standard InChI is InChI=1S/2C21H21P.Pd/c2*1-4-10-19(11-5-1)16-22(17-20-12-6-2-7-13-20)18-21-14-8-3-9-15-21;/h2*1-15H,16-18H2;/q;;-2/p+2. The van der Waals surface area contributed by atoms with Crippen molar-refractivity contribution < 1.29 is 17.0 Å². The summed E-state index contributed by atoms with van der Waals surface area (Å²) >= 11 is 0.677. The van der Waals surface area contributed by atoms with Crippen molar-refractivity contribution in [2.24, 2.45) is 0 Å². The second-order valence-corrected chi connectivity index (χ2v) is 32.7. The molecule has 0 unspecified atom stereocenters. The van der Waals surface area contributed by atoms with Crippen molar-refractivity contribution >= 4 is 10.9 Å². The van der Waals surface area contributed by atoms with E-state index in [9.17, 15) is 0 Å². The van der Waals surface area contributed by atoms with E-state index in [0.29, 0.717) is 17.0 Å². The van der Waals surface area contributed by atoms with E-state index in [-0.39, 0.29) is 0 Å². The second kappa shape index (κ2) is 15.9. The van der Waals surface area contributed by atoms with Gasteiger partial charge in [0.15, 0.2) is 0 Å². The zero-order valence-electron chi connectivity index (χ0n) is 25.9. The Kier molecular flexibility index (Phi) is 11.2. The number of benzene rings is 6. The van der Waals surface area contributed by atoms with Crippen LogP contribution >= 0.6 is 10.9 Å². The quantitative estimate of drug-likeness (QED) is 0.0778. The number of rotatable bonds is 14. The summed E-state index contributed by atoms with van der Waals surface area (Å²) in [7, 11) is 0. The predicted molar refractivity (Wildman–Crippen MR) is 198 cm³/mol. The predicted octanol–water partition coefficient (Wildman–Crippen LogP) is 11.6. The molecule has 0 nitrogen and oxygen atoms in total. The Hall–Kier alpha value is -3.16. The number of hydrogen-bond donors (Lipinski definition) is 0. The first-order valence-electron chi connectivity index (χ1n) is 16.0. The third-order valence-electron chi connectivity index (χ3n) is 8.45. The van der Waals surface area contributed by atoms with Gasteiger partial charge in [-0.3, -0.25) is 0 Å². The van der Waals surface area contributed by atoms with E-state index in [1.165, 1.54) is 70.4 Å². The van der Waals surface area contributed by atoms with Crippen LogP contribution in [0.3, 0.4) is 0 Å². The topological polar surface area (TPSA) is 0 Å². The van der Waals surface area contributed by atoms with Gasteiger partial charge in [-0.1, -0.05) is 0 Å². The maximum absolute atomic E-state index is 2.39. The molecule has 6 aromatic rings. The molecule has 0 aliphatic heterocycles. The van der Waals surface area contributed by atoms with Crippen molar-refractivity contribution in [2.45, 2.75) is 37.0 Å². The molecule has 0 aliphatic rings.